The lowest BCUT2D eigenvalue weighted by molar-refractivity contribution is -0.117. The van der Waals surface area contributed by atoms with Gasteiger partial charge in [-0.3, -0.25) is 9.69 Å². The highest BCUT2D eigenvalue weighted by molar-refractivity contribution is 5.93. The van der Waals surface area contributed by atoms with Crippen LogP contribution in [-0.2, 0) is 17.8 Å². The van der Waals surface area contributed by atoms with Crippen LogP contribution in [-0.4, -0.2) is 39.8 Å². The predicted molar refractivity (Wildman–Crippen MR) is 121 cm³/mol. The maximum Gasteiger partial charge on any atom is 0.253 e. The van der Waals surface area contributed by atoms with E-state index in [9.17, 15) is 4.79 Å². The lowest BCUT2D eigenvalue weighted by Crippen LogP contribution is -2.30. The molecule has 0 aliphatic carbocycles. The van der Waals surface area contributed by atoms with Gasteiger partial charge < -0.3 is 14.3 Å². The second kappa shape index (κ2) is 9.57. The number of anilines is 1. The van der Waals surface area contributed by atoms with Crippen molar-refractivity contribution in [3.8, 4) is 22.7 Å². The molecule has 1 N–H and O–H groups in total. The van der Waals surface area contributed by atoms with Crippen molar-refractivity contribution in [1.82, 2.24) is 20.3 Å². The molecule has 4 aromatic rings. The number of hydrogen-bond donors (Lipinski definition) is 1. The Hall–Kier alpha value is -3.78. The first kappa shape index (κ1) is 21.5. The summed E-state index contributed by atoms with van der Waals surface area (Å²) in [6.45, 7) is 4.39. The maximum absolute atomic E-state index is 12.5. The summed E-state index contributed by atoms with van der Waals surface area (Å²) in [5.74, 6) is 1.24. The number of rotatable bonds is 8. The fourth-order valence-electron chi connectivity index (χ4n) is 3.51. The smallest absolute Gasteiger partial charge is 0.253 e. The number of likely N-dealkylation sites (N-methyl/N-ethyl adjacent to an activating group) is 1. The second-order valence-corrected chi connectivity index (χ2v) is 7.56. The average Bonchev–Trinajstić information content (AvgIpc) is 3.40. The third-order valence-corrected chi connectivity index (χ3v) is 5.08. The molecule has 0 unspecified atom stereocenters. The van der Waals surface area contributed by atoms with Gasteiger partial charge in [0.25, 0.3) is 5.89 Å². The van der Waals surface area contributed by atoms with Crippen molar-refractivity contribution in [3.05, 3.63) is 71.8 Å². The Morgan fingerprint density at radius 1 is 1.06 bits per heavy atom. The van der Waals surface area contributed by atoms with Gasteiger partial charge >= 0.3 is 0 Å². The molecule has 2 aromatic carbocycles. The average molecular weight is 431 g/mol. The van der Waals surface area contributed by atoms with Gasteiger partial charge in [0.05, 0.1) is 13.1 Å². The minimum absolute atomic E-state index is 0.102. The quantitative estimate of drug-likeness (QED) is 0.443. The molecule has 0 radical (unpaired) electrons. The van der Waals surface area contributed by atoms with Gasteiger partial charge in [-0.25, -0.2) is 0 Å². The molecule has 8 nitrogen and oxygen atoms in total. The van der Waals surface area contributed by atoms with Gasteiger partial charge in [-0.1, -0.05) is 60.6 Å². The molecule has 0 saturated carbocycles. The highest BCUT2D eigenvalue weighted by atomic mass is 16.5. The number of nitrogens with one attached hydrogen (secondary N) is 1. The van der Waals surface area contributed by atoms with Crippen LogP contribution in [0, 0.1) is 6.92 Å². The second-order valence-electron chi connectivity index (χ2n) is 7.56. The molecule has 32 heavy (non-hydrogen) atoms. The third kappa shape index (κ3) is 4.76. The summed E-state index contributed by atoms with van der Waals surface area (Å²) in [4.78, 5) is 14.3. The Kier molecular flexibility index (Phi) is 6.42. The van der Waals surface area contributed by atoms with E-state index >= 15 is 0 Å². The SMILES string of the molecule is CCc1ccccc1NC(=O)CN(C)Cc1nnc(-c2c(-c3ccccc3)noc2C)o1. The number of aryl methyl sites for hydroxylation is 2. The number of amides is 1. The molecule has 8 heteroatoms. The van der Waals surface area contributed by atoms with E-state index in [1.54, 1.807) is 0 Å². The molecular formula is C24H25N5O3. The van der Waals surface area contributed by atoms with Crippen LogP contribution in [0.3, 0.4) is 0 Å². The Bertz CT molecular complexity index is 1200. The largest absolute Gasteiger partial charge is 0.419 e. The van der Waals surface area contributed by atoms with E-state index in [1.807, 2.05) is 73.5 Å². The summed E-state index contributed by atoms with van der Waals surface area (Å²) in [7, 11) is 1.83. The number of carbonyl (C=O) groups is 1. The monoisotopic (exact) mass is 431 g/mol. The first-order valence-electron chi connectivity index (χ1n) is 10.5. The summed E-state index contributed by atoms with van der Waals surface area (Å²) in [6.07, 6.45) is 0.851. The molecule has 0 fully saturated rings. The van der Waals surface area contributed by atoms with E-state index in [-0.39, 0.29) is 12.5 Å². The topological polar surface area (TPSA) is 97.3 Å². The van der Waals surface area contributed by atoms with Crippen molar-refractivity contribution in [2.45, 2.75) is 26.8 Å². The summed E-state index contributed by atoms with van der Waals surface area (Å²) >= 11 is 0. The molecule has 0 spiro atoms. The molecule has 0 aliphatic rings. The Balaban J connectivity index is 1.43. The van der Waals surface area contributed by atoms with Crippen molar-refractivity contribution in [2.75, 3.05) is 18.9 Å². The normalized spacial score (nSPS) is 11.1. The van der Waals surface area contributed by atoms with Crippen LogP contribution < -0.4 is 5.32 Å². The van der Waals surface area contributed by atoms with Crippen molar-refractivity contribution < 1.29 is 13.7 Å². The summed E-state index contributed by atoms with van der Waals surface area (Å²) in [6, 6.07) is 17.5. The van der Waals surface area contributed by atoms with E-state index in [4.69, 9.17) is 8.94 Å². The van der Waals surface area contributed by atoms with Gasteiger partial charge in [0.1, 0.15) is 17.0 Å². The number of nitrogens with zero attached hydrogens (tertiary/aromatic N) is 4. The van der Waals surface area contributed by atoms with Crippen LogP contribution in [0.4, 0.5) is 5.69 Å². The molecule has 1 amide bonds. The Morgan fingerprint density at radius 2 is 1.81 bits per heavy atom. The van der Waals surface area contributed by atoms with E-state index in [1.165, 1.54) is 0 Å². The van der Waals surface area contributed by atoms with Crippen molar-refractivity contribution >= 4 is 11.6 Å². The summed E-state index contributed by atoms with van der Waals surface area (Å²) in [5.41, 5.74) is 4.17. The first-order chi connectivity index (χ1) is 15.5. The van der Waals surface area contributed by atoms with Gasteiger partial charge in [-0.05, 0) is 32.0 Å². The van der Waals surface area contributed by atoms with E-state index in [0.717, 1.165) is 23.2 Å². The van der Waals surface area contributed by atoms with E-state index < -0.39 is 0 Å². The van der Waals surface area contributed by atoms with Gasteiger partial charge in [-0.15, -0.1) is 10.2 Å². The lowest BCUT2D eigenvalue weighted by Gasteiger charge is -2.15. The Morgan fingerprint density at radius 3 is 2.59 bits per heavy atom. The standard InChI is InChI=1S/C24H25N5O3/c1-4-17-10-8-9-13-19(17)25-20(30)14-29(3)15-21-26-27-24(31-21)22-16(2)32-28-23(22)18-11-6-5-7-12-18/h5-13H,4,14-15H2,1-3H3,(H,25,30). The number of benzene rings is 2. The van der Waals surface area contributed by atoms with Gasteiger partial charge in [0, 0.05) is 11.3 Å². The Labute approximate surface area is 186 Å². The van der Waals surface area contributed by atoms with E-state index in [2.05, 4.69) is 27.6 Å². The molecule has 0 bridgehead atoms. The molecule has 2 aromatic heterocycles. The van der Waals surface area contributed by atoms with Gasteiger partial charge in [-0.2, -0.15) is 0 Å². The van der Waals surface area contributed by atoms with Crippen molar-refractivity contribution in [1.29, 1.82) is 0 Å². The molecule has 0 atom stereocenters. The minimum Gasteiger partial charge on any atom is -0.419 e. The molecule has 2 heterocycles. The molecule has 0 saturated heterocycles. The van der Waals surface area contributed by atoms with Crippen molar-refractivity contribution in [2.24, 2.45) is 0 Å². The zero-order valence-electron chi connectivity index (χ0n) is 18.3. The summed E-state index contributed by atoms with van der Waals surface area (Å²) in [5, 5.41) is 15.5. The third-order valence-electron chi connectivity index (χ3n) is 5.08. The van der Waals surface area contributed by atoms with Crippen LogP contribution in [0.15, 0.2) is 63.5 Å². The fourth-order valence-corrected chi connectivity index (χ4v) is 3.51. The van der Waals surface area contributed by atoms with Crippen LogP contribution in [0.25, 0.3) is 22.7 Å². The zero-order valence-corrected chi connectivity index (χ0v) is 18.3. The molecule has 0 aliphatic heterocycles. The number of carbonyl (C=O) groups excluding carboxylic acids is 1. The van der Waals surface area contributed by atoms with Gasteiger partial charge in [0.15, 0.2) is 0 Å². The maximum atomic E-state index is 12.5. The fraction of sp³-hybridized carbons (Fsp3) is 0.250. The van der Waals surface area contributed by atoms with Crippen molar-refractivity contribution in [3.63, 3.8) is 0 Å². The highest BCUT2D eigenvalue weighted by Crippen LogP contribution is 2.33. The first-order valence-corrected chi connectivity index (χ1v) is 10.5. The number of hydrogen-bond acceptors (Lipinski definition) is 7. The molecular weight excluding hydrogens is 406 g/mol. The van der Waals surface area contributed by atoms with Crippen LogP contribution in [0.2, 0.25) is 0 Å². The van der Waals surface area contributed by atoms with Crippen LogP contribution in [0.1, 0.15) is 24.1 Å². The zero-order chi connectivity index (χ0) is 22.5. The highest BCUT2D eigenvalue weighted by Gasteiger charge is 2.22. The molecule has 4 rings (SSSR count). The minimum atomic E-state index is -0.102. The van der Waals surface area contributed by atoms with E-state index in [0.29, 0.717) is 35.3 Å². The number of aromatic nitrogens is 3. The predicted octanol–water partition coefficient (Wildman–Crippen LogP) is 4.33. The van der Waals surface area contributed by atoms with Crippen LogP contribution in [0.5, 0.6) is 0 Å². The summed E-state index contributed by atoms with van der Waals surface area (Å²) < 4.78 is 11.3. The lowest BCUT2D eigenvalue weighted by atomic mass is 10.1. The molecule has 164 valence electrons. The van der Waals surface area contributed by atoms with Crippen LogP contribution >= 0.6 is 0 Å². The number of para-hydroxylation sites is 1. The van der Waals surface area contributed by atoms with Gasteiger partial charge in [0.2, 0.25) is 11.8 Å².